The lowest BCUT2D eigenvalue weighted by Gasteiger charge is -2.25. The third kappa shape index (κ3) is 6.39. The van der Waals surface area contributed by atoms with Gasteiger partial charge in [0.15, 0.2) is 0 Å². The predicted molar refractivity (Wildman–Crippen MR) is 87.5 cm³/mol. The molecule has 2 atom stereocenters. The van der Waals surface area contributed by atoms with Crippen molar-refractivity contribution in [3.63, 3.8) is 0 Å². The topological polar surface area (TPSA) is 41.1 Å². The Morgan fingerprint density at radius 2 is 1.83 bits per heavy atom. The standard InChI is InChI=1S/C16H23F3N2O.ClH/c1-10(2)14(21-15(22)11(3)9-20-4)12-6-5-7-13(8-12)16(17,18)19;/h5-8,10-11,14,20H,9H2,1-4H3,(H,21,22);1H. The molecule has 0 aliphatic carbocycles. The Balaban J connectivity index is 0.00000484. The van der Waals surface area contributed by atoms with Gasteiger partial charge in [0, 0.05) is 12.5 Å². The van der Waals surface area contributed by atoms with Crippen LogP contribution >= 0.6 is 12.4 Å². The molecule has 0 aliphatic rings. The number of rotatable bonds is 6. The molecule has 0 saturated carbocycles. The van der Waals surface area contributed by atoms with Crippen LogP contribution in [0.5, 0.6) is 0 Å². The highest BCUT2D eigenvalue weighted by atomic mass is 35.5. The molecule has 23 heavy (non-hydrogen) atoms. The fourth-order valence-electron chi connectivity index (χ4n) is 2.24. The molecule has 3 nitrogen and oxygen atoms in total. The first-order chi connectivity index (χ1) is 10.2. The van der Waals surface area contributed by atoms with Gasteiger partial charge in [-0.05, 0) is 30.7 Å². The fourth-order valence-corrected chi connectivity index (χ4v) is 2.24. The minimum atomic E-state index is -4.39. The van der Waals surface area contributed by atoms with E-state index in [0.29, 0.717) is 12.1 Å². The van der Waals surface area contributed by atoms with Crippen molar-refractivity contribution in [2.24, 2.45) is 11.8 Å². The van der Waals surface area contributed by atoms with Gasteiger partial charge in [-0.2, -0.15) is 13.2 Å². The van der Waals surface area contributed by atoms with Crippen molar-refractivity contribution in [1.29, 1.82) is 0 Å². The molecule has 2 unspecified atom stereocenters. The summed E-state index contributed by atoms with van der Waals surface area (Å²) in [5.41, 5.74) is -0.233. The highest BCUT2D eigenvalue weighted by molar-refractivity contribution is 5.85. The molecular formula is C16H24ClF3N2O. The molecule has 0 heterocycles. The SMILES string of the molecule is CNCC(C)C(=O)NC(c1cccc(C(F)(F)F)c1)C(C)C.Cl. The summed E-state index contributed by atoms with van der Waals surface area (Å²) in [6.45, 7) is 6.02. The molecule has 0 spiro atoms. The Hall–Kier alpha value is -1.27. The van der Waals surface area contributed by atoms with Crippen LogP contribution in [-0.2, 0) is 11.0 Å². The van der Waals surface area contributed by atoms with Crippen molar-refractivity contribution in [2.45, 2.75) is 33.0 Å². The zero-order valence-electron chi connectivity index (χ0n) is 13.7. The van der Waals surface area contributed by atoms with E-state index in [9.17, 15) is 18.0 Å². The zero-order valence-corrected chi connectivity index (χ0v) is 14.5. The zero-order chi connectivity index (χ0) is 16.9. The molecule has 0 aliphatic heterocycles. The average Bonchev–Trinajstić information content (AvgIpc) is 2.43. The average molecular weight is 353 g/mol. The summed E-state index contributed by atoms with van der Waals surface area (Å²) < 4.78 is 38.5. The number of alkyl halides is 3. The number of hydrogen-bond donors (Lipinski definition) is 2. The molecular weight excluding hydrogens is 329 g/mol. The van der Waals surface area contributed by atoms with E-state index in [2.05, 4.69) is 10.6 Å². The van der Waals surface area contributed by atoms with Gasteiger partial charge >= 0.3 is 6.18 Å². The molecule has 132 valence electrons. The fraction of sp³-hybridized carbons (Fsp3) is 0.562. The van der Waals surface area contributed by atoms with E-state index < -0.39 is 17.8 Å². The molecule has 0 fully saturated rings. The third-order valence-electron chi connectivity index (χ3n) is 3.50. The molecule has 1 amide bonds. The van der Waals surface area contributed by atoms with E-state index in [-0.39, 0.29) is 30.2 Å². The molecule has 1 rings (SSSR count). The van der Waals surface area contributed by atoms with Gasteiger partial charge in [0.25, 0.3) is 0 Å². The number of nitrogens with one attached hydrogen (secondary N) is 2. The number of carbonyl (C=O) groups excluding carboxylic acids is 1. The predicted octanol–water partition coefficient (Wildman–Crippen LogP) is 3.80. The molecule has 2 N–H and O–H groups in total. The maximum atomic E-state index is 12.8. The molecule has 0 bridgehead atoms. The first-order valence-corrected chi connectivity index (χ1v) is 7.29. The van der Waals surface area contributed by atoms with Crippen LogP contribution in [0.1, 0.15) is 37.9 Å². The van der Waals surface area contributed by atoms with Crippen molar-refractivity contribution in [3.05, 3.63) is 35.4 Å². The van der Waals surface area contributed by atoms with Crippen molar-refractivity contribution in [3.8, 4) is 0 Å². The van der Waals surface area contributed by atoms with E-state index in [4.69, 9.17) is 0 Å². The van der Waals surface area contributed by atoms with Crippen molar-refractivity contribution in [1.82, 2.24) is 10.6 Å². The van der Waals surface area contributed by atoms with Gasteiger partial charge in [-0.15, -0.1) is 12.4 Å². The van der Waals surface area contributed by atoms with Gasteiger partial charge in [-0.1, -0.05) is 32.9 Å². The maximum Gasteiger partial charge on any atom is 0.416 e. The van der Waals surface area contributed by atoms with Gasteiger partial charge in [-0.25, -0.2) is 0 Å². The van der Waals surface area contributed by atoms with Gasteiger partial charge in [-0.3, -0.25) is 4.79 Å². The molecule has 1 aromatic rings. The Bertz CT molecular complexity index is 506. The minimum Gasteiger partial charge on any atom is -0.349 e. The Morgan fingerprint density at radius 3 is 2.30 bits per heavy atom. The first kappa shape index (κ1) is 21.7. The number of hydrogen-bond acceptors (Lipinski definition) is 2. The Kier molecular flexibility index (Phi) is 8.63. The second-order valence-corrected chi connectivity index (χ2v) is 5.81. The van der Waals surface area contributed by atoms with Crippen LogP contribution < -0.4 is 10.6 Å². The number of benzene rings is 1. The number of amides is 1. The minimum absolute atomic E-state index is 0. The second-order valence-electron chi connectivity index (χ2n) is 5.81. The van der Waals surface area contributed by atoms with Gasteiger partial charge < -0.3 is 10.6 Å². The second kappa shape index (κ2) is 9.13. The smallest absolute Gasteiger partial charge is 0.349 e. The number of halogens is 4. The van der Waals surface area contributed by atoms with Crippen LogP contribution in [0.4, 0.5) is 13.2 Å². The monoisotopic (exact) mass is 352 g/mol. The molecule has 0 radical (unpaired) electrons. The molecule has 0 saturated heterocycles. The van der Waals surface area contributed by atoms with Crippen LogP contribution in [0.25, 0.3) is 0 Å². The molecule has 1 aromatic carbocycles. The maximum absolute atomic E-state index is 12.8. The van der Waals surface area contributed by atoms with Crippen LogP contribution in [0.3, 0.4) is 0 Å². The van der Waals surface area contributed by atoms with Crippen LogP contribution in [0.15, 0.2) is 24.3 Å². The summed E-state index contributed by atoms with van der Waals surface area (Å²) in [7, 11) is 1.75. The van der Waals surface area contributed by atoms with E-state index in [1.807, 2.05) is 13.8 Å². The molecule has 7 heteroatoms. The lowest BCUT2D eigenvalue weighted by molar-refractivity contribution is -0.137. The van der Waals surface area contributed by atoms with Gasteiger partial charge in [0.05, 0.1) is 11.6 Å². The van der Waals surface area contributed by atoms with E-state index >= 15 is 0 Å². The lowest BCUT2D eigenvalue weighted by atomic mass is 9.94. The Labute approximate surface area is 141 Å². The van der Waals surface area contributed by atoms with E-state index in [1.54, 1.807) is 20.0 Å². The summed E-state index contributed by atoms with van der Waals surface area (Å²) in [5.74, 6) is -0.447. The summed E-state index contributed by atoms with van der Waals surface area (Å²) in [4.78, 5) is 12.1. The van der Waals surface area contributed by atoms with Crippen LogP contribution in [0.2, 0.25) is 0 Å². The number of carbonyl (C=O) groups is 1. The van der Waals surface area contributed by atoms with Gasteiger partial charge in [0.2, 0.25) is 5.91 Å². The largest absolute Gasteiger partial charge is 0.416 e. The van der Waals surface area contributed by atoms with Crippen molar-refractivity contribution in [2.75, 3.05) is 13.6 Å². The highest BCUT2D eigenvalue weighted by Gasteiger charge is 2.31. The van der Waals surface area contributed by atoms with Gasteiger partial charge in [0.1, 0.15) is 0 Å². The Morgan fingerprint density at radius 1 is 1.22 bits per heavy atom. The van der Waals surface area contributed by atoms with E-state index in [0.717, 1.165) is 12.1 Å². The summed E-state index contributed by atoms with van der Waals surface area (Å²) in [6.07, 6.45) is -4.39. The normalized spacial score (nSPS) is 14.1. The van der Waals surface area contributed by atoms with E-state index in [1.165, 1.54) is 6.07 Å². The molecule has 0 aromatic heterocycles. The van der Waals surface area contributed by atoms with Crippen LogP contribution in [0, 0.1) is 11.8 Å². The summed E-state index contributed by atoms with van der Waals surface area (Å²) in [5, 5.41) is 5.76. The summed E-state index contributed by atoms with van der Waals surface area (Å²) >= 11 is 0. The van der Waals surface area contributed by atoms with Crippen LogP contribution in [-0.4, -0.2) is 19.5 Å². The third-order valence-corrected chi connectivity index (χ3v) is 3.50. The van der Waals surface area contributed by atoms with Crippen molar-refractivity contribution < 1.29 is 18.0 Å². The highest BCUT2D eigenvalue weighted by Crippen LogP contribution is 2.32. The first-order valence-electron chi connectivity index (χ1n) is 7.29. The van der Waals surface area contributed by atoms with Crippen molar-refractivity contribution >= 4 is 18.3 Å². The quantitative estimate of drug-likeness (QED) is 0.817. The summed E-state index contributed by atoms with van der Waals surface area (Å²) in [6, 6.07) is 4.67. The lowest BCUT2D eigenvalue weighted by Crippen LogP contribution is -2.38.